The molecule has 0 unspecified atom stereocenters. The molecule has 29 heavy (non-hydrogen) atoms. The quantitative estimate of drug-likeness (QED) is 0.508. The van der Waals surface area contributed by atoms with Crippen LogP contribution in [0.25, 0.3) is 0 Å². The minimum Gasteiger partial charge on any atom is -0.493 e. The molecule has 0 radical (unpaired) electrons. The number of nitrogens with two attached hydrogens (primary N) is 1. The van der Waals surface area contributed by atoms with E-state index in [0.717, 1.165) is 30.5 Å². The van der Waals surface area contributed by atoms with Crippen LogP contribution in [0.1, 0.15) is 43.6 Å². The highest BCUT2D eigenvalue weighted by Crippen LogP contribution is 2.36. The summed E-state index contributed by atoms with van der Waals surface area (Å²) in [5.41, 5.74) is 8.41. The monoisotopic (exact) mass is 393 g/mol. The van der Waals surface area contributed by atoms with Crippen LogP contribution in [0.15, 0.2) is 42.5 Å². The second-order valence-electron chi connectivity index (χ2n) is 7.23. The number of rotatable bonds is 9. The Morgan fingerprint density at radius 2 is 2.03 bits per heavy atom. The van der Waals surface area contributed by atoms with E-state index >= 15 is 0 Å². The SMILES string of the molecule is COc1ccc([C@H]2CC(=O)N(c3cccc(N)c3)C2)cc1OCCCCCC#N. The van der Waals surface area contributed by atoms with E-state index in [1.54, 1.807) is 12.0 Å². The molecule has 1 amide bonds. The average molecular weight is 393 g/mol. The van der Waals surface area contributed by atoms with Gasteiger partial charge in [-0.3, -0.25) is 4.79 Å². The lowest BCUT2D eigenvalue weighted by Crippen LogP contribution is -2.24. The highest BCUT2D eigenvalue weighted by molar-refractivity contribution is 5.96. The van der Waals surface area contributed by atoms with Gasteiger partial charge in [0.25, 0.3) is 0 Å². The Morgan fingerprint density at radius 1 is 1.17 bits per heavy atom. The van der Waals surface area contributed by atoms with Gasteiger partial charge in [-0.15, -0.1) is 0 Å². The summed E-state index contributed by atoms with van der Waals surface area (Å²) in [6, 6.07) is 15.4. The van der Waals surface area contributed by atoms with Crippen molar-refractivity contribution < 1.29 is 14.3 Å². The summed E-state index contributed by atoms with van der Waals surface area (Å²) in [6.45, 7) is 1.19. The van der Waals surface area contributed by atoms with Crippen LogP contribution in [0.2, 0.25) is 0 Å². The fourth-order valence-electron chi connectivity index (χ4n) is 3.60. The topological polar surface area (TPSA) is 88.6 Å². The molecule has 152 valence electrons. The Kier molecular flexibility index (Phi) is 6.96. The highest BCUT2D eigenvalue weighted by Gasteiger charge is 2.32. The van der Waals surface area contributed by atoms with Gasteiger partial charge in [0.2, 0.25) is 5.91 Å². The Morgan fingerprint density at radius 3 is 2.79 bits per heavy atom. The van der Waals surface area contributed by atoms with Crippen LogP contribution in [-0.4, -0.2) is 26.2 Å². The van der Waals surface area contributed by atoms with Gasteiger partial charge in [-0.25, -0.2) is 0 Å². The number of ether oxygens (including phenoxy) is 2. The standard InChI is InChI=1S/C23H27N3O3/c1-28-21-10-9-17(13-22(21)29-12-5-3-2-4-11-24)18-14-23(27)26(16-18)20-8-6-7-19(25)15-20/h6-10,13,15,18H,2-5,12,14,16,25H2,1H3/t18-/m0/s1. The van der Waals surface area contributed by atoms with Gasteiger partial charge in [-0.05, 0) is 55.2 Å². The molecule has 6 nitrogen and oxygen atoms in total. The van der Waals surface area contributed by atoms with E-state index in [-0.39, 0.29) is 11.8 Å². The molecular formula is C23H27N3O3. The number of benzene rings is 2. The molecule has 0 aromatic heterocycles. The zero-order valence-corrected chi connectivity index (χ0v) is 16.8. The molecule has 1 atom stereocenters. The molecule has 0 bridgehead atoms. The fourth-order valence-corrected chi connectivity index (χ4v) is 3.60. The molecule has 2 aromatic carbocycles. The molecule has 3 rings (SSSR count). The maximum Gasteiger partial charge on any atom is 0.227 e. The molecule has 6 heteroatoms. The third kappa shape index (κ3) is 5.20. The number of nitrogen functional groups attached to an aromatic ring is 1. The third-order valence-electron chi connectivity index (χ3n) is 5.16. The number of unbranched alkanes of at least 4 members (excludes halogenated alkanes) is 3. The number of hydrogen-bond acceptors (Lipinski definition) is 5. The average Bonchev–Trinajstić information content (AvgIpc) is 3.12. The minimum atomic E-state index is 0.0906. The summed E-state index contributed by atoms with van der Waals surface area (Å²) in [4.78, 5) is 14.4. The van der Waals surface area contributed by atoms with Gasteiger partial charge in [0, 0.05) is 36.7 Å². The van der Waals surface area contributed by atoms with Crippen LogP contribution in [0, 0.1) is 11.3 Å². The first-order valence-electron chi connectivity index (χ1n) is 9.96. The zero-order chi connectivity index (χ0) is 20.6. The second kappa shape index (κ2) is 9.83. The van der Waals surface area contributed by atoms with Gasteiger partial charge >= 0.3 is 0 Å². The molecular weight excluding hydrogens is 366 g/mol. The van der Waals surface area contributed by atoms with Crippen LogP contribution in [0.4, 0.5) is 11.4 Å². The first-order chi connectivity index (χ1) is 14.1. The van der Waals surface area contributed by atoms with Gasteiger partial charge < -0.3 is 20.1 Å². The predicted molar refractivity (Wildman–Crippen MR) is 113 cm³/mol. The van der Waals surface area contributed by atoms with Crippen LogP contribution >= 0.6 is 0 Å². The number of amides is 1. The molecule has 1 fully saturated rings. The molecule has 2 N–H and O–H groups in total. The van der Waals surface area contributed by atoms with Crippen LogP contribution in [0.5, 0.6) is 11.5 Å². The van der Waals surface area contributed by atoms with Gasteiger partial charge in [0.15, 0.2) is 11.5 Å². The van der Waals surface area contributed by atoms with Gasteiger partial charge in [-0.1, -0.05) is 12.1 Å². The summed E-state index contributed by atoms with van der Waals surface area (Å²) < 4.78 is 11.4. The maximum absolute atomic E-state index is 12.6. The number of methoxy groups -OCH3 is 1. The Hall–Kier alpha value is -3.20. The molecule has 1 heterocycles. The summed E-state index contributed by atoms with van der Waals surface area (Å²) >= 11 is 0. The first-order valence-corrected chi connectivity index (χ1v) is 9.96. The number of nitriles is 1. The lowest BCUT2D eigenvalue weighted by molar-refractivity contribution is -0.117. The van der Waals surface area contributed by atoms with Crippen molar-refractivity contribution in [2.24, 2.45) is 0 Å². The normalized spacial score (nSPS) is 15.9. The summed E-state index contributed by atoms with van der Waals surface area (Å²) in [6.07, 6.45) is 3.77. The smallest absolute Gasteiger partial charge is 0.227 e. The molecule has 0 spiro atoms. The van der Waals surface area contributed by atoms with Gasteiger partial charge in [-0.2, -0.15) is 5.26 Å². The Labute approximate surface area is 171 Å². The molecule has 2 aromatic rings. The molecule has 1 saturated heterocycles. The van der Waals surface area contributed by atoms with Gasteiger partial charge in [0.05, 0.1) is 19.8 Å². The Bertz CT molecular complexity index is 891. The van der Waals surface area contributed by atoms with E-state index in [1.807, 2.05) is 42.5 Å². The van der Waals surface area contributed by atoms with Crippen molar-refractivity contribution in [3.8, 4) is 17.6 Å². The number of carbonyl (C=O) groups is 1. The summed E-state index contributed by atoms with van der Waals surface area (Å²) in [5, 5.41) is 8.60. The summed E-state index contributed by atoms with van der Waals surface area (Å²) in [7, 11) is 1.62. The van der Waals surface area contributed by atoms with Crippen molar-refractivity contribution in [1.82, 2.24) is 0 Å². The van der Waals surface area contributed by atoms with Crippen LogP contribution in [0.3, 0.4) is 0 Å². The number of anilines is 2. The van der Waals surface area contributed by atoms with Crippen molar-refractivity contribution in [2.45, 2.75) is 38.0 Å². The molecule has 0 aliphatic carbocycles. The van der Waals surface area contributed by atoms with Crippen molar-refractivity contribution in [3.05, 3.63) is 48.0 Å². The number of nitrogens with zero attached hydrogens (tertiary/aromatic N) is 2. The zero-order valence-electron chi connectivity index (χ0n) is 16.8. The highest BCUT2D eigenvalue weighted by atomic mass is 16.5. The van der Waals surface area contributed by atoms with E-state index in [9.17, 15) is 4.79 Å². The van der Waals surface area contributed by atoms with E-state index in [4.69, 9.17) is 20.5 Å². The van der Waals surface area contributed by atoms with Crippen molar-refractivity contribution in [1.29, 1.82) is 5.26 Å². The van der Waals surface area contributed by atoms with E-state index in [2.05, 4.69) is 6.07 Å². The van der Waals surface area contributed by atoms with Crippen molar-refractivity contribution in [2.75, 3.05) is 30.9 Å². The van der Waals surface area contributed by atoms with Gasteiger partial charge in [0.1, 0.15) is 0 Å². The Balaban J connectivity index is 1.67. The predicted octanol–water partition coefficient (Wildman–Crippen LogP) is 4.26. The van der Waals surface area contributed by atoms with E-state index < -0.39 is 0 Å². The largest absolute Gasteiger partial charge is 0.493 e. The lowest BCUT2D eigenvalue weighted by Gasteiger charge is -2.18. The first kappa shape index (κ1) is 20.5. The maximum atomic E-state index is 12.6. The number of carbonyl (C=O) groups excluding carboxylic acids is 1. The molecule has 1 aliphatic rings. The second-order valence-corrected chi connectivity index (χ2v) is 7.23. The van der Waals surface area contributed by atoms with Crippen molar-refractivity contribution >= 4 is 17.3 Å². The van der Waals surface area contributed by atoms with E-state index in [0.29, 0.717) is 43.2 Å². The fraction of sp³-hybridized carbons (Fsp3) is 0.391. The van der Waals surface area contributed by atoms with E-state index in [1.165, 1.54) is 0 Å². The number of hydrogen-bond donors (Lipinski definition) is 1. The van der Waals surface area contributed by atoms with Crippen LogP contribution < -0.4 is 20.1 Å². The summed E-state index contributed by atoms with van der Waals surface area (Å²) in [5.74, 6) is 1.56. The minimum absolute atomic E-state index is 0.0906. The molecule has 1 aliphatic heterocycles. The lowest BCUT2D eigenvalue weighted by atomic mass is 9.98. The van der Waals surface area contributed by atoms with Crippen molar-refractivity contribution in [3.63, 3.8) is 0 Å². The van der Waals surface area contributed by atoms with Crippen LogP contribution in [-0.2, 0) is 4.79 Å². The molecule has 0 saturated carbocycles. The third-order valence-corrected chi connectivity index (χ3v) is 5.16.